The van der Waals surface area contributed by atoms with Crippen LogP contribution in [-0.2, 0) is 17.9 Å². The molecule has 1 fully saturated rings. The first-order chi connectivity index (χ1) is 22.3. The number of fused-ring (bicyclic) bond motifs is 1. The molecule has 10 nitrogen and oxygen atoms in total. The molecule has 2 heterocycles. The number of amides is 1. The molecular weight excluding hydrogens is 605 g/mol. The van der Waals surface area contributed by atoms with Crippen LogP contribution in [0, 0.1) is 17.1 Å². The monoisotopic (exact) mass is 636 g/mol. The maximum Gasteiger partial charge on any atom is 0.332 e. The van der Waals surface area contributed by atoms with E-state index in [0.29, 0.717) is 48.6 Å². The summed E-state index contributed by atoms with van der Waals surface area (Å²) in [5.74, 6) is -0.727. The van der Waals surface area contributed by atoms with E-state index < -0.39 is 48.3 Å². The van der Waals surface area contributed by atoms with E-state index in [0.717, 1.165) is 28.7 Å². The minimum absolute atomic E-state index is 0.0156. The molecule has 5 rings (SSSR count). The summed E-state index contributed by atoms with van der Waals surface area (Å²) in [5, 5.41) is 8.93. The van der Waals surface area contributed by atoms with Crippen molar-refractivity contribution >= 4 is 17.3 Å². The second-order valence-electron chi connectivity index (χ2n) is 10.8. The Morgan fingerprint density at radius 1 is 0.978 bits per heavy atom. The molecule has 1 amide bonds. The summed E-state index contributed by atoms with van der Waals surface area (Å²) in [6.45, 7) is -1.67. The summed E-state index contributed by atoms with van der Waals surface area (Å²) >= 11 is 0. The van der Waals surface area contributed by atoms with Crippen LogP contribution in [0.3, 0.4) is 0 Å². The highest BCUT2D eigenvalue weighted by Gasteiger charge is 2.26. The van der Waals surface area contributed by atoms with E-state index in [-0.39, 0.29) is 24.1 Å². The minimum atomic E-state index is -1.56. The molecule has 0 bridgehead atoms. The lowest BCUT2D eigenvalue weighted by Gasteiger charge is -2.31. The van der Waals surface area contributed by atoms with Gasteiger partial charge >= 0.3 is 5.69 Å². The van der Waals surface area contributed by atoms with Crippen molar-refractivity contribution in [3.8, 4) is 23.3 Å². The third kappa shape index (κ3) is 6.71. The van der Waals surface area contributed by atoms with Gasteiger partial charge in [-0.1, -0.05) is 18.2 Å². The van der Waals surface area contributed by atoms with Crippen LogP contribution in [-0.4, -0.2) is 60.1 Å². The van der Waals surface area contributed by atoms with Crippen molar-refractivity contribution in [1.29, 1.82) is 5.26 Å². The molecule has 13 heteroatoms. The fourth-order valence-corrected chi connectivity index (χ4v) is 5.44. The lowest BCUT2D eigenvalue weighted by atomic mass is 10.0. The van der Waals surface area contributed by atoms with Crippen LogP contribution >= 0.6 is 0 Å². The fraction of sp³-hybridized carbons (Fsp3) is 0.333. The molecule has 240 valence electrons. The van der Waals surface area contributed by atoms with Crippen LogP contribution in [0.15, 0.2) is 64.2 Å². The molecule has 1 aromatic heterocycles. The Hall–Kier alpha value is -5.25. The maximum atomic E-state index is 15.2. The number of ether oxygens (including phenoxy) is 3. The van der Waals surface area contributed by atoms with Gasteiger partial charge in [0, 0.05) is 25.2 Å². The Morgan fingerprint density at radius 2 is 1.67 bits per heavy atom. The van der Waals surface area contributed by atoms with Gasteiger partial charge in [0.1, 0.15) is 20.0 Å². The number of alkyl halides is 2. The van der Waals surface area contributed by atoms with Crippen molar-refractivity contribution < 1.29 is 32.2 Å². The molecule has 0 unspecified atom stereocenters. The van der Waals surface area contributed by atoms with Crippen molar-refractivity contribution in [2.24, 2.45) is 0 Å². The number of piperidine rings is 1. The van der Waals surface area contributed by atoms with Gasteiger partial charge in [-0.25, -0.2) is 18.0 Å². The second-order valence-corrected chi connectivity index (χ2v) is 10.8. The van der Waals surface area contributed by atoms with Crippen molar-refractivity contribution in [2.75, 3.05) is 33.5 Å². The van der Waals surface area contributed by atoms with Crippen LogP contribution in [0.5, 0.6) is 17.2 Å². The molecule has 4 aromatic rings. The molecule has 0 atom stereocenters. The molecule has 0 aliphatic carbocycles. The summed E-state index contributed by atoms with van der Waals surface area (Å²) in [6.07, 6.45) is -0.0655. The zero-order chi connectivity index (χ0) is 32.8. The maximum absolute atomic E-state index is 15.2. The first-order valence-corrected chi connectivity index (χ1v) is 14.5. The second kappa shape index (κ2) is 14.2. The Labute approximate surface area is 261 Å². The Balaban J connectivity index is 1.53. The third-order valence-corrected chi connectivity index (χ3v) is 7.92. The van der Waals surface area contributed by atoms with Gasteiger partial charge < -0.3 is 19.1 Å². The molecule has 1 aliphatic heterocycles. The Bertz CT molecular complexity index is 1870. The van der Waals surface area contributed by atoms with E-state index in [2.05, 4.69) is 6.07 Å². The Kier molecular flexibility index (Phi) is 9.95. The zero-order valence-corrected chi connectivity index (χ0v) is 25.0. The molecule has 0 N–H and O–H groups in total. The zero-order valence-electron chi connectivity index (χ0n) is 25.0. The molecule has 46 heavy (non-hydrogen) atoms. The summed E-state index contributed by atoms with van der Waals surface area (Å²) < 4.78 is 60.5. The third-order valence-electron chi connectivity index (χ3n) is 7.92. The quantitative estimate of drug-likeness (QED) is 0.213. The average Bonchev–Trinajstić information content (AvgIpc) is 3.09. The van der Waals surface area contributed by atoms with Gasteiger partial charge in [0.2, 0.25) is 6.41 Å². The van der Waals surface area contributed by atoms with Crippen molar-refractivity contribution in [1.82, 2.24) is 14.0 Å². The van der Waals surface area contributed by atoms with Gasteiger partial charge in [-0.2, -0.15) is 5.26 Å². The first kappa shape index (κ1) is 32.2. The predicted molar refractivity (Wildman–Crippen MR) is 162 cm³/mol. The van der Waals surface area contributed by atoms with Crippen LogP contribution < -0.4 is 25.5 Å². The first-order valence-electron chi connectivity index (χ1n) is 14.5. The van der Waals surface area contributed by atoms with E-state index in [1.54, 1.807) is 47.4 Å². The summed E-state index contributed by atoms with van der Waals surface area (Å²) in [5.41, 5.74) is 0.470. The number of likely N-dealkylation sites (tertiary alicyclic amines) is 1. The number of carbonyl (C=O) groups is 1. The molecule has 1 saturated heterocycles. The number of benzene rings is 3. The van der Waals surface area contributed by atoms with Crippen LogP contribution in [0.1, 0.15) is 35.6 Å². The van der Waals surface area contributed by atoms with E-state index in [1.165, 1.54) is 11.7 Å². The number of methoxy groups -OCH3 is 1. The van der Waals surface area contributed by atoms with E-state index >= 15 is 4.39 Å². The predicted octanol–water partition coefficient (Wildman–Crippen LogP) is 4.29. The van der Waals surface area contributed by atoms with Gasteiger partial charge in [-0.15, -0.1) is 0 Å². The van der Waals surface area contributed by atoms with Crippen LogP contribution in [0.2, 0.25) is 0 Å². The summed E-state index contributed by atoms with van der Waals surface area (Å²) in [7, 11) is 1.45. The lowest BCUT2D eigenvalue weighted by molar-refractivity contribution is -0.119. The number of hydrogen-bond acceptors (Lipinski definition) is 7. The van der Waals surface area contributed by atoms with E-state index in [1.807, 2.05) is 0 Å². The number of nitrogens with zero attached hydrogens (tertiary/aromatic N) is 4. The lowest BCUT2D eigenvalue weighted by Crippen LogP contribution is -2.44. The SMILES string of the molecule is COc1cc(Cn2c(=O)c3cc(OC(CF)CF)c(F)cc3n(C3CCN(C=O)CC3)c2=O)ccc1OCc1ccc(C#N)cc1. The van der Waals surface area contributed by atoms with Gasteiger partial charge in [0.25, 0.3) is 5.56 Å². The number of halogens is 3. The summed E-state index contributed by atoms with van der Waals surface area (Å²) in [6, 6.07) is 15.5. The molecule has 1 aliphatic rings. The molecule has 0 spiro atoms. The molecule has 0 radical (unpaired) electrons. The Morgan fingerprint density at radius 3 is 2.30 bits per heavy atom. The topological polar surface area (TPSA) is 116 Å². The van der Waals surface area contributed by atoms with Crippen molar-refractivity contribution in [3.63, 3.8) is 0 Å². The van der Waals surface area contributed by atoms with Crippen molar-refractivity contribution in [2.45, 2.75) is 38.1 Å². The highest BCUT2D eigenvalue weighted by Crippen LogP contribution is 2.31. The molecule has 3 aromatic carbocycles. The largest absolute Gasteiger partial charge is 0.493 e. The number of hydrogen-bond donors (Lipinski definition) is 0. The number of aromatic nitrogens is 2. The van der Waals surface area contributed by atoms with Crippen molar-refractivity contribution in [3.05, 3.63) is 97.9 Å². The van der Waals surface area contributed by atoms with Crippen LogP contribution in [0.25, 0.3) is 10.9 Å². The van der Waals surface area contributed by atoms with Gasteiger partial charge in [-0.3, -0.25) is 18.7 Å². The summed E-state index contributed by atoms with van der Waals surface area (Å²) in [4.78, 5) is 40.6. The van der Waals surface area contributed by atoms with Gasteiger partial charge in [-0.05, 0) is 54.3 Å². The van der Waals surface area contributed by atoms with E-state index in [4.69, 9.17) is 19.5 Å². The highest BCUT2D eigenvalue weighted by atomic mass is 19.1. The van der Waals surface area contributed by atoms with E-state index in [9.17, 15) is 23.2 Å². The molecule has 0 saturated carbocycles. The number of rotatable bonds is 12. The smallest absolute Gasteiger partial charge is 0.332 e. The fourth-order valence-electron chi connectivity index (χ4n) is 5.44. The normalized spacial score (nSPS) is 13.5. The average molecular weight is 637 g/mol. The molecular formula is C33H31F3N4O6. The van der Waals surface area contributed by atoms with Crippen LogP contribution in [0.4, 0.5) is 13.2 Å². The van der Waals surface area contributed by atoms with Gasteiger partial charge in [0.05, 0.1) is 36.2 Å². The standard InChI is InChI=1S/C33H31F3N4O6/c1-44-31-12-23(6-7-29(31)45-19-22-4-2-21(17-37)3-5-22)18-39-32(42)26-13-30(46-25(15-34)16-35)27(36)14-28(26)40(33(39)43)24-8-10-38(20-41)11-9-24/h2-7,12-14,20,24-25H,8-11,15-16,18-19H2,1H3. The number of carbonyl (C=O) groups excluding carboxylic acids is 1. The number of nitriles is 1. The highest BCUT2D eigenvalue weighted by molar-refractivity contribution is 5.80. The minimum Gasteiger partial charge on any atom is -0.493 e. The van der Waals surface area contributed by atoms with Gasteiger partial charge in [0.15, 0.2) is 29.2 Å².